The highest BCUT2D eigenvalue weighted by atomic mass is 35.5. The lowest BCUT2D eigenvalue weighted by Crippen LogP contribution is -1.92. The molecular weight excluding hydrogens is 514 g/mol. The van der Waals surface area contributed by atoms with Crippen molar-refractivity contribution in [3.63, 3.8) is 0 Å². The van der Waals surface area contributed by atoms with Gasteiger partial charge in [-0.15, -0.1) is 0 Å². The van der Waals surface area contributed by atoms with Crippen LogP contribution >= 0.6 is 46.4 Å². The van der Waals surface area contributed by atoms with Gasteiger partial charge in [0.25, 0.3) is 5.69 Å². The molecular formula is C26H20Cl4N2O2. The van der Waals surface area contributed by atoms with Crippen LogP contribution in [0.3, 0.4) is 0 Å². The van der Waals surface area contributed by atoms with Crippen molar-refractivity contribution < 1.29 is 4.92 Å². The first kappa shape index (κ1) is 25.9. The van der Waals surface area contributed by atoms with Gasteiger partial charge in [0.2, 0.25) is 0 Å². The van der Waals surface area contributed by atoms with Crippen LogP contribution in [0.1, 0.15) is 22.3 Å². The molecule has 2 N–H and O–H groups in total. The fourth-order valence-corrected chi connectivity index (χ4v) is 3.95. The number of halogens is 4. The first-order valence-corrected chi connectivity index (χ1v) is 11.7. The van der Waals surface area contributed by atoms with E-state index in [4.69, 9.17) is 52.1 Å². The molecule has 4 aromatic carbocycles. The lowest BCUT2D eigenvalue weighted by Gasteiger charge is -2.06. The summed E-state index contributed by atoms with van der Waals surface area (Å²) in [4.78, 5) is 10.1. The predicted molar refractivity (Wildman–Crippen MR) is 142 cm³/mol. The monoisotopic (exact) mass is 532 g/mol. The van der Waals surface area contributed by atoms with Crippen molar-refractivity contribution in [1.29, 1.82) is 0 Å². The molecule has 4 aromatic rings. The first-order chi connectivity index (χ1) is 16.2. The Balaban J connectivity index is 0.000000192. The summed E-state index contributed by atoms with van der Waals surface area (Å²) in [6.45, 7) is 0. The van der Waals surface area contributed by atoms with Gasteiger partial charge in [0.05, 0.1) is 25.0 Å². The average molecular weight is 534 g/mol. The van der Waals surface area contributed by atoms with Gasteiger partial charge in [0.15, 0.2) is 0 Å². The molecule has 0 radical (unpaired) electrons. The van der Waals surface area contributed by atoms with Crippen molar-refractivity contribution in [2.75, 3.05) is 5.73 Å². The molecule has 0 aliphatic heterocycles. The van der Waals surface area contributed by atoms with Crippen molar-refractivity contribution in [2.45, 2.75) is 12.8 Å². The van der Waals surface area contributed by atoms with Crippen LogP contribution in [0, 0.1) is 10.1 Å². The van der Waals surface area contributed by atoms with Crippen LogP contribution in [0.15, 0.2) is 84.9 Å². The highest BCUT2D eigenvalue weighted by Crippen LogP contribution is 2.28. The van der Waals surface area contributed by atoms with E-state index in [9.17, 15) is 10.1 Å². The molecule has 0 saturated heterocycles. The zero-order valence-corrected chi connectivity index (χ0v) is 20.9. The number of hydrogen-bond acceptors (Lipinski definition) is 3. The van der Waals surface area contributed by atoms with E-state index in [-0.39, 0.29) is 5.69 Å². The largest absolute Gasteiger partial charge is 0.399 e. The minimum Gasteiger partial charge on any atom is -0.399 e. The molecule has 0 unspecified atom stereocenters. The van der Waals surface area contributed by atoms with E-state index >= 15 is 0 Å². The van der Waals surface area contributed by atoms with Crippen molar-refractivity contribution in [2.24, 2.45) is 0 Å². The minimum absolute atomic E-state index is 0.0796. The van der Waals surface area contributed by atoms with E-state index in [1.165, 1.54) is 17.7 Å². The van der Waals surface area contributed by atoms with Crippen LogP contribution < -0.4 is 5.73 Å². The summed E-state index contributed by atoms with van der Waals surface area (Å²) in [5.41, 5.74) is 10.5. The summed E-state index contributed by atoms with van der Waals surface area (Å²) in [7, 11) is 0. The van der Waals surface area contributed by atoms with E-state index in [0.29, 0.717) is 26.5 Å². The molecule has 4 rings (SSSR count). The first-order valence-electron chi connectivity index (χ1n) is 10.2. The number of nitro groups is 1. The quantitative estimate of drug-likeness (QED) is 0.158. The van der Waals surface area contributed by atoms with Crippen molar-refractivity contribution in [3.8, 4) is 0 Å². The van der Waals surface area contributed by atoms with Gasteiger partial charge in [-0.3, -0.25) is 10.1 Å². The van der Waals surface area contributed by atoms with Gasteiger partial charge >= 0.3 is 0 Å². The number of nitrogens with zero attached hydrogens (tertiary/aromatic N) is 1. The number of nitrogen functional groups attached to an aromatic ring is 1. The topological polar surface area (TPSA) is 69.2 Å². The molecule has 8 heteroatoms. The molecule has 0 amide bonds. The minimum atomic E-state index is -0.420. The molecule has 34 heavy (non-hydrogen) atoms. The summed E-state index contributed by atoms with van der Waals surface area (Å²) in [5, 5.41) is 12.8. The molecule has 4 nitrogen and oxygen atoms in total. The maximum absolute atomic E-state index is 10.5. The molecule has 0 heterocycles. The highest BCUT2D eigenvalue weighted by Gasteiger charge is 2.08. The van der Waals surface area contributed by atoms with Gasteiger partial charge in [-0.2, -0.15) is 0 Å². The molecule has 0 atom stereocenters. The van der Waals surface area contributed by atoms with E-state index in [2.05, 4.69) is 0 Å². The Morgan fingerprint density at radius 3 is 1.47 bits per heavy atom. The Hall–Kier alpha value is -2.76. The Morgan fingerprint density at radius 2 is 1.06 bits per heavy atom. The molecule has 0 aliphatic rings. The Kier molecular flexibility index (Phi) is 9.20. The molecule has 0 aromatic heterocycles. The SMILES string of the molecule is Nc1ccc(Cc2cccc(Cl)c2Cl)cc1.O=[N+]([O-])c1ccc(Cc2cccc(Cl)c2Cl)cc1. The predicted octanol–water partition coefficient (Wildman–Crippen LogP) is 8.66. The Morgan fingerprint density at radius 1 is 0.647 bits per heavy atom. The lowest BCUT2D eigenvalue weighted by molar-refractivity contribution is -0.384. The van der Waals surface area contributed by atoms with Crippen LogP contribution in [0.25, 0.3) is 0 Å². The van der Waals surface area contributed by atoms with E-state index in [1.54, 1.807) is 24.3 Å². The third-order valence-corrected chi connectivity index (χ3v) is 6.70. The van der Waals surface area contributed by atoms with Gasteiger partial charge in [0, 0.05) is 17.8 Å². The zero-order chi connectivity index (χ0) is 24.7. The number of nitrogens with two attached hydrogens (primary N) is 1. The summed E-state index contributed by atoms with van der Waals surface area (Å²) in [6, 6.07) is 25.3. The standard InChI is InChI=1S/C13H9Cl2NO2.C13H11Cl2N/c14-12-3-1-2-10(13(12)15)8-9-4-6-11(7-5-9)16(17)18;14-12-3-1-2-10(13(12)15)8-9-4-6-11(16)7-5-9/h1-7H,8H2;1-7H,8,16H2. The third-order valence-electron chi connectivity index (χ3n) is 4.98. The van der Waals surface area contributed by atoms with Gasteiger partial charge < -0.3 is 5.73 Å². The van der Waals surface area contributed by atoms with Gasteiger partial charge in [-0.25, -0.2) is 0 Å². The third kappa shape index (κ3) is 7.12. The molecule has 0 fully saturated rings. The number of benzene rings is 4. The van der Waals surface area contributed by atoms with Crippen molar-refractivity contribution >= 4 is 57.8 Å². The van der Waals surface area contributed by atoms with Gasteiger partial charge in [-0.05, 0) is 59.4 Å². The zero-order valence-electron chi connectivity index (χ0n) is 17.9. The summed E-state index contributed by atoms with van der Waals surface area (Å²) < 4.78 is 0. The van der Waals surface area contributed by atoms with Crippen LogP contribution in [0.2, 0.25) is 20.1 Å². The number of nitro benzene ring substituents is 1. The second-order valence-corrected chi connectivity index (χ2v) is 9.01. The maximum atomic E-state index is 10.5. The smallest absolute Gasteiger partial charge is 0.269 e. The highest BCUT2D eigenvalue weighted by molar-refractivity contribution is 6.43. The van der Waals surface area contributed by atoms with E-state index < -0.39 is 4.92 Å². The maximum Gasteiger partial charge on any atom is 0.269 e. The van der Waals surface area contributed by atoms with Gasteiger partial charge in [-0.1, -0.05) is 94.9 Å². The molecule has 0 spiro atoms. The second-order valence-electron chi connectivity index (χ2n) is 7.44. The van der Waals surface area contributed by atoms with Crippen molar-refractivity contribution in [3.05, 3.63) is 137 Å². The van der Waals surface area contributed by atoms with E-state index in [1.807, 2.05) is 48.5 Å². The summed E-state index contributed by atoms with van der Waals surface area (Å²) in [6.07, 6.45) is 1.36. The number of hydrogen-bond donors (Lipinski definition) is 1. The van der Waals surface area contributed by atoms with Crippen LogP contribution in [-0.4, -0.2) is 4.92 Å². The molecule has 0 saturated carbocycles. The van der Waals surface area contributed by atoms with Crippen LogP contribution in [-0.2, 0) is 12.8 Å². The molecule has 174 valence electrons. The summed E-state index contributed by atoms with van der Waals surface area (Å²) >= 11 is 24.1. The second kappa shape index (κ2) is 12.1. The van der Waals surface area contributed by atoms with Gasteiger partial charge in [0.1, 0.15) is 0 Å². The number of rotatable bonds is 5. The number of non-ortho nitro benzene ring substituents is 1. The summed E-state index contributed by atoms with van der Waals surface area (Å²) in [5.74, 6) is 0. The average Bonchev–Trinajstić information content (AvgIpc) is 2.82. The van der Waals surface area contributed by atoms with Crippen molar-refractivity contribution in [1.82, 2.24) is 0 Å². The Labute approximate surface area is 218 Å². The lowest BCUT2D eigenvalue weighted by atomic mass is 10.0. The Bertz CT molecular complexity index is 1280. The van der Waals surface area contributed by atoms with E-state index in [0.717, 1.165) is 28.8 Å². The fraction of sp³-hybridized carbons (Fsp3) is 0.0769. The number of anilines is 1. The molecule has 0 bridgehead atoms. The molecule has 0 aliphatic carbocycles. The normalized spacial score (nSPS) is 10.4. The van der Waals surface area contributed by atoms with Crippen LogP contribution in [0.4, 0.5) is 11.4 Å². The van der Waals surface area contributed by atoms with Crippen LogP contribution in [0.5, 0.6) is 0 Å². The fourth-order valence-electron chi connectivity index (χ4n) is 3.18.